The van der Waals surface area contributed by atoms with Gasteiger partial charge in [0, 0.05) is 24.9 Å². The van der Waals surface area contributed by atoms with E-state index in [0.29, 0.717) is 31.3 Å². The van der Waals surface area contributed by atoms with Crippen LogP contribution in [0, 0.1) is 17.3 Å². The molecule has 1 saturated carbocycles. The van der Waals surface area contributed by atoms with Crippen molar-refractivity contribution in [3.8, 4) is 0 Å². The highest BCUT2D eigenvalue weighted by atomic mass is 16.3. The van der Waals surface area contributed by atoms with Crippen molar-refractivity contribution in [3.05, 3.63) is 12.2 Å². The van der Waals surface area contributed by atoms with Crippen LogP contribution >= 0.6 is 0 Å². The second-order valence-electron chi connectivity index (χ2n) is 5.52. The molecule has 0 aromatic heterocycles. The van der Waals surface area contributed by atoms with Gasteiger partial charge in [0.25, 0.3) is 0 Å². The van der Waals surface area contributed by atoms with E-state index in [2.05, 4.69) is 6.08 Å². The first-order valence-electron chi connectivity index (χ1n) is 6.80. The van der Waals surface area contributed by atoms with Gasteiger partial charge in [-0.2, -0.15) is 0 Å². The van der Waals surface area contributed by atoms with Gasteiger partial charge >= 0.3 is 0 Å². The molecule has 0 radical (unpaired) electrons. The highest BCUT2D eigenvalue weighted by Gasteiger charge is 2.67. The number of carbonyl (C=O) groups is 1. The largest absolute Gasteiger partial charge is 0.396 e. The fourth-order valence-electron chi connectivity index (χ4n) is 3.26. The molecule has 2 N–H and O–H groups in total. The molecule has 0 aromatic rings. The maximum absolute atomic E-state index is 11.9. The van der Waals surface area contributed by atoms with E-state index in [9.17, 15) is 15.0 Å². The molecule has 2 atom stereocenters. The molecular formula is C14H23NO3. The second kappa shape index (κ2) is 5.41. The van der Waals surface area contributed by atoms with Crippen LogP contribution in [-0.2, 0) is 4.79 Å². The minimum absolute atomic E-state index is 0.0438. The van der Waals surface area contributed by atoms with Gasteiger partial charge in [-0.15, -0.1) is 0 Å². The summed E-state index contributed by atoms with van der Waals surface area (Å²) in [5.74, 6) is 0.843. The van der Waals surface area contributed by atoms with Crippen LogP contribution in [0.25, 0.3) is 0 Å². The fraction of sp³-hybridized carbons (Fsp3) is 0.786. The van der Waals surface area contributed by atoms with Crippen LogP contribution in [0.4, 0.5) is 0 Å². The van der Waals surface area contributed by atoms with Crippen LogP contribution in [0.15, 0.2) is 12.2 Å². The van der Waals surface area contributed by atoms with Gasteiger partial charge < -0.3 is 15.1 Å². The van der Waals surface area contributed by atoms with Crippen molar-refractivity contribution in [3.63, 3.8) is 0 Å². The van der Waals surface area contributed by atoms with Crippen LogP contribution in [-0.4, -0.2) is 47.3 Å². The number of hydrogen-bond donors (Lipinski definition) is 2. The summed E-state index contributed by atoms with van der Waals surface area (Å²) in [6, 6.07) is 0. The third-order valence-corrected chi connectivity index (χ3v) is 4.63. The maximum atomic E-state index is 11.9. The third-order valence-electron chi connectivity index (χ3n) is 4.63. The van der Waals surface area contributed by atoms with Gasteiger partial charge in [0.1, 0.15) is 0 Å². The Balaban J connectivity index is 1.74. The molecule has 2 rings (SSSR count). The standard InChI is InChI=1S/C14H23NO3/c1-2-3-4-5-6-13(18)15-7-11-12(8-15)14(11,9-16)10-17/h2-3,11-12,16-17H,4-10H2,1H3. The van der Waals surface area contributed by atoms with E-state index >= 15 is 0 Å². The smallest absolute Gasteiger partial charge is 0.222 e. The van der Waals surface area contributed by atoms with E-state index < -0.39 is 0 Å². The number of aliphatic hydroxyl groups excluding tert-OH is 2. The Kier molecular flexibility index (Phi) is 4.07. The maximum Gasteiger partial charge on any atom is 0.222 e. The Labute approximate surface area is 108 Å². The van der Waals surface area contributed by atoms with E-state index in [0.717, 1.165) is 12.8 Å². The van der Waals surface area contributed by atoms with Gasteiger partial charge in [-0.1, -0.05) is 12.2 Å². The van der Waals surface area contributed by atoms with Crippen LogP contribution < -0.4 is 0 Å². The number of allylic oxidation sites excluding steroid dienone is 2. The zero-order valence-corrected chi connectivity index (χ0v) is 11.0. The van der Waals surface area contributed by atoms with Gasteiger partial charge in [-0.25, -0.2) is 0 Å². The highest BCUT2D eigenvalue weighted by Crippen LogP contribution is 2.61. The summed E-state index contributed by atoms with van der Waals surface area (Å²) < 4.78 is 0. The molecule has 1 aliphatic heterocycles. The van der Waals surface area contributed by atoms with E-state index in [1.54, 1.807) is 0 Å². The lowest BCUT2D eigenvalue weighted by Crippen LogP contribution is -2.36. The molecule has 2 fully saturated rings. The lowest BCUT2D eigenvalue weighted by molar-refractivity contribution is -0.131. The van der Waals surface area contributed by atoms with Gasteiger partial charge in [0.2, 0.25) is 5.91 Å². The lowest BCUT2D eigenvalue weighted by atomic mass is 10.0. The molecule has 18 heavy (non-hydrogen) atoms. The number of hydrogen-bond acceptors (Lipinski definition) is 3. The number of piperidine rings is 1. The number of amides is 1. The summed E-state index contributed by atoms with van der Waals surface area (Å²) >= 11 is 0. The summed E-state index contributed by atoms with van der Waals surface area (Å²) in [6.07, 6.45) is 6.55. The van der Waals surface area contributed by atoms with E-state index in [4.69, 9.17) is 0 Å². The average Bonchev–Trinajstić information content (AvgIpc) is 2.76. The van der Waals surface area contributed by atoms with Crippen molar-refractivity contribution in [2.45, 2.75) is 26.2 Å². The zero-order chi connectivity index (χ0) is 13.2. The highest BCUT2D eigenvalue weighted by molar-refractivity contribution is 5.76. The Morgan fingerprint density at radius 3 is 2.44 bits per heavy atom. The van der Waals surface area contributed by atoms with Crippen molar-refractivity contribution in [2.24, 2.45) is 17.3 Å². The quantitative estimate of drug-likeness (QED) is 0.543. The molecule has 102 valence electrons. The molecule has 4 nitrogen and oxygen atoms in total. The Morgan fingerprint density at radius 1 is 1.33 bits per heavy atom. The minimum Gasteiger partial charge on any atom is -0.396 e. The molecule has 4 heteroatoms. The normalized spacial score (nSPS) is 28.7. The average molecular weight is 253 g/mol. The number of nitrogens with zero attached hydrogens (tertiary/aromatic N) is 1. The van der Waals surface area contributed by atoms with Crippen LogP contribution in [0.1, 0.15) is 26.2 Å². The fourth-order valence-corrected chi connectivity index (χ4v) is 3.26. The van der Waals surface area contributed by atoms with Crippen LogP contribution in [0.3, 0.4) is 0 Å². The number of carbonyl (C=O) groups excluding carboxylic acids is 1. The molecule has 0 aromatic carbocycles. The Morgan fingerprint density at radius 2 is 1.94 bits per heavy atom. The monoisotopic (exact) mass is 253 g/mol. The lowest BCUT2D eigenvalue weighted by Gasteiger charge is -2.24. The summed E-state index contributed by atoms with van der Waals surface area (Å²) in [4.78, 5) is 13.8. The van der Waals surface area contributed by atoms with Crippen molar-refractivity contribution in [1.82, 2.24) is 4.90 Å². The first kappa shape index (κ1) is 13.6. The number of rotatable bonds is 6. The first-order valence-corrected chi connectivity index (χ1v) is 6.80. The molecule has 1 heterocycles. The SMILES string of the molecule is CC=CCCCC(=O)N1CC2C(C1)C2(CO)CO. The number of fused-ring (bicyclic) bond motifs is 1. The zero-order valence-electron chi connectivity index (χ0n) is 11.0. The van der Waals surface area contributed by atoms with Gasteiger partial charge in [0.15, 0.2) is 0 Å². The topological polar surface area (TPSA) is 60.8 Å². The van der Waals surface area contributed by atoms with Crippen molar-refractivity contribution in [1.29, 1.82) is 0 Å². The van der Waals surface area contributed by atoms with Gasteiger partial charge in [-0.05, 0) is 31.6 Å². The van der Waals surface area contributed by atoms with Gasteiger partial charge in [-0.3, -0.25) is 4.79 Å². The van der Waals surface area contributed by atoms with Crippen LogP contribution in [0.5, 0.6) is 0 Å². The molecule has 2 unspecified atom stereocenters. The number of likely N-dealkylation sites (tertiary alicyclic amines) is 1. The Hall–Kier alpha value is -0.870. The minimum atomic E-state index is -0.290. The summed E-state index contributed by atoms with van der Waals surface area (Å²) in [7, 11) is 0. The molecule has 2 aliphatic rings. The molecule has 1 saturated heterocycles. The third kappa shape index (κ3) is 2.19. The number of aliphatic hydroxyl groups is 2. The van der Waals surface area contributed by atoms with Crippen molar-refractivity contribution < 1.29 is 15.0 Å². The molecule has 0 spiro atoms. The molecule has 0 bridgehead atoms. The Bertz CT molecular complexity index is 322. The molecule has 1 amide bonds. The first-order chi connectivity index (χ1) is 8.69. The van der Waals surface area contributed by atoms with Crippen molar-refractivity contribution in [2.75, 3.05) is 26.3 Å². The van der Waals surface area contributed by atoms with Crippen molar-refractivity contribution >= 4 is 5.91 Å². The van der Waals surface area contributed by atoms with E-state index in [1.165, 1.54) is 0 Å². The van der Waals surface area contributed by atoms with E-state index in [1.807, 2.05) is 17.9 Å². The predicted octanol–water partition coefficient (Wildman–Crippen LogP) is 0.792. The predicted molar refractivity (Wildman–Crippen MR) is 68.8 cm³/mol. The van der Waals surface area contributed by atoms with E-state index in [-0.39, 0.29) is 24.5 Å². The summed E-state index contributed by atoms with van der Waals surface area (Å²) in [5.41, 5.74) is -0.290. The second-order valence-corrected chi connectivity index (χ2v) is 5.52. The molecular weight excluding hydrogens is 230 g/mol. The molecule has 1 aliphatic carbocycles. The summed E-state index contributed by atoms with van der Waals surface area (Å²) in [6.45, 7) is 3.51. The summed E-state index contributed by atoms with van der Waals surface area (Å²) in [5, 5.41) is 18.6. The van der Waals surface area contributed by atoms with Crippen LogP contribution in [0.2, 0.25) is 0 Å². The van der Waals surface area contributed by atoms with Gasteiger partial charge in [0.05, 0.1) is 13.2 Å². The number of unbranched alkanes of at least 4 members (excludes halogenated alkanes) is 1.